The van der Waals surface area contributed by atoms with E-state index >= 15 is 0 Å². The topological polar surface area (TPSA) is 46.3 Å². The number of nitrogens with two attached hydrogens (primary N) is 1. The summed E-state index contributed by atoms with van der Waals surface area (Å²) in [6.45, 7) is 9.64. The molecule has 0 bridgehead atoms. The molecule has 2 N–H and O–H groups in total. The van der Waals surface area contributed by atoms with Gasteiger partial charge in [-0.2, -0.15) is 0 Å². The van der Waals surface area contributed by atoms with Gasteiger partial charge < -0.3 is 5.73 Å². The molecular weight excluding hydrogens is 344 g/mol. The number of likely N-dealkylation sites (tertiary alicyclic amines) is 1. The van der Waals surface area contributed by atoms with E-state index in [-0.39, 0.29) is 23.3 Å². The van der Waals surface area contributed by atoms with Gasteiger partial charge in [0.05, 0.1) is 6.17 Å². The van der Waals surface area contributed by atoms with E-state index in [1.807, 2.05) is 30.3 Å². The molecule has 0 spiro atoms. The van der Waals surface area contributed by atoms with Crippen LogP contribution in [0, 0.1) is 5.92 Å². The number of benzene rings is 2. The van der Waals surface area contributed by atoms with E-state index in [1.54, 1.807) is 0 Å². The minimum atomic E-state index is 0.00613. The first-order valence-corrected chi connectivity index (χ1v) is 10.5. The van der Waals surface area contributed by atoms with Crippen molar-refractivity contribution in [2.45, 2.75) is 64.6 Å². The minimum Gasteiger partial charge on any atom is -0.316 e. The zero-order valence-electron chi connectivity index (χ0n) is 17.7. The Morgan fingerprint density at radius 1 is 1.11 bits per heavy atom. The van der Waals surface area contributed by atoms with Crippen LogP contribution >= 0.6 is 0 Å². The lowest BCUT2D eigenvalue weighted by atomic mass is 9.82. The van der Waals surface area contributed by atoms with E-state index in [2.05, 4.69) is 56.9 Å². The number of nitrogens with zero attached hydrogens (tertiary/aromatic N) is 1. The van der Waals surface area contributed by atoms with E-state index < -0.39 is 0 Å². The summed E-state index contributed by atoms with van der Waals surface area (Å²) in [4.78, 5) is 15.3. The Morgan fingerprint density at radius 2 is 1.75 bits per heavy atom. The molecule has 1 aliphatic rings. The minimum absolute atomic E-state index is 0.00613. The Bertz CT molecular complexity index is 774. The van der Waals surface area contributed by atoms with Gasteiger partial charge in [-0.15, -0.1) is 0 Å². The zero-order chi connectivity index (χ0) is 20.3. The number of ketones is 1. The molecule has 2 aromatic rings. The van der Waals surface area contributed by atoms with E-state index in [0.29, 0.717) is 6.04 Å². The first-order chi connectivity index (χ1) is 13.3. The molecule has 1 saturated heterocycles. The van der Waals surface area contributed by atoms with Gasteiger partial charge >= 0.3 is 0 Å². The molecule has 3 rings (SSSR count). The maximum Gasteiger partial charge on any atom is 0.166 e. The molecule has 3 atom stereocenters. The number of Topliss-reactive ketones (excluding diaryl/α,β-unsaturated/α-hetero) is 1. The van der Waals surface area contributed by atoms with Crippen LogP contribution in [0.1, 0.15) is 62.0 Å². The molecule has 3 unspecified atom stereocenters. The SMILES string of the molecule is CC(N)N1CCC(C(=O)c2ccccc2)CC1Cc1ccc(C(C)(C)C)cc1. The molecule has 1 heterocycles. The molecule has 2 aromatic carbocycles. The summed E-state index contributed by atoms with van der Waals surface area (Å²) in [7, 11) is 0. The van der Waals surface area contributed by atoms with Crippen LogP contribution in [0.25, 0.3) is 0 Å². The smallest absolute Gasteiger partial charge is 0.166 e. The van der Waals surface area contributed by atoms with Crippen LogP contribution in [0.5, 0.6) is 0 Å². The van der Waals surface area contributed by atoms with Crippen LogP contribution in [-0.2, 0) is 11.8 Å². The van der Waals surface area contributed by atoms with Gasteiger partial charge in [-0.25, -0.2) is 0 Å². The number of carbonyl (C=O) groups is 1. The highest BCUT2D eigenvalue weighted by Gasteiger charge is 2.34. The largest absolute Gasteiger partial charge is 0.316 e. The van der Waals surface area contributed by atoms with Gasteiger partial charge in [-0.3, -0.25) is 9.69 Å². The van der Waals surface area contributed by atoms with Crippen LogP contribution in [0.4, 0.5) is 0 Å². The van der Waals surface area contributed by atoms with Crippen molar-refractivity contribution >= 4 is 5.78 Å². The average Bonchev–Trinajstić information content (AvgIpc) is 2.67. The van der Waals surface area contributed by atoms with Crippen molar-refractivity contribution in [3.63, 3.8) is 0 Å². The molecule has 150 valence electrons. The first-order valence-electron chi connectivity index (χ1n) is 10.5. The number of hydrogen-bond acceptors (Lipinski definition) is 3. The van der Waals surface area contributed by atoms with Gasteiger partial charge in [0, 0.05) is 24.1 Å². The second-order valence-corrected chi connectivity index (χ2v) is 9.23. The summed E-state index contributed by atoms with van der Waals surface area (Å²) in [5.74, 6) is 0.356. The number of hydrogen-bond donors (Lipinski definition) is 1. The monoisotopic (exact) mass is 378 g/mol. The maximum atomic E-state index is 13.0. The predicted molar refractivity (Wildman–Crippen MR) is 116 cm³/mol. The van der Waals surface area contributed by atoms with Crippen molar-refractivity contribution in [2.24, 2.45) is 11.7 Å². The fourth-order valence-electron chi connectivity index (χ4n) is 4.30. The second-order valence-electron chi connectivity index (χ2n) is 9.23. The molecule has 1 aliphatic heterocycles. The third kappa shape index (κ3) is 4.89. The number of piperidine rings is 1. The van der Waals surface area contributed by atoms with Crippen molar-refractivity contribution in [2.75, 3.05) is 6.54 Å². The van der Waals surface area contributed by atoms with Crippen molar-refractivity contribution in [1.29, 1.82) is 0 Å². The fraction of sp³-hybridized carbons (Fsp3) is 0.480. The molecule has 0 amide bonds. The normalized spacial score (nSPS) is 22.0. The van der Waals surface area contributed by atoms with Crippen LogP contribution in [0.3, 0.4) is 0 Å². The van der Waals surface area contributed by atoms with Gasteiger partial charge in [-0.1, -0.05) is 75.4 Å². The Kier molecular flexibility index (Phi) is 6.36. The van der Waals surface area contributed by atoms with Gasteiger partial charge in [0.2, 0.25) is 0 Å². The second kappa shape index (κ2) is 8.59. The van der Waals surface area contributed by atoms with E-state index in [9.17, 15) is 4.79 Å². The average molecular weight is 379 g/mol. The predicted octanol–water partition coefficient (Wildman–Crippen LogP) is 4.79. The van der Waals surface area contributed by atoms with Crippen LogP contribution in [0.15, 0.2) is 54.6 Å². The Balaban J connectivity index is 1.75. The van der Waals surface area contributed by atoms with E-state index in [0.717, 1.165) is 31.4 Å². The third-order valence-electron chi connectivity index (χ3n) is 6.00. The van der Waals surface area contributed by atoms with Crippen LogP contribution in [0.2, 0.25) is 0 Å². The Morgan fingerprint density at radius 3 is 2.32 bits per heavy atom. The summed E-state index contributed by atoms with van der Waals surface area (Å²) in [6.07, 6.45) is 2.70. The third-order valence-corrected chi connectivity index (χ3v) is 6.00. The number of rotatable bonds is 5. The Hall–Kier alpha value is -1.97. The highest BCUT2D eigenvalue weighted by molar-refractivity contribution is 5.97. The molecule has 28 heavy (non-hydrogen) atoms. The summed E-state index contributed by atoms with van der Waals surface area (Å²) in [5, 5.41) is 0. The molecule has 1 fully saturated rings. The summed E-state index contributed by atoms with van der Waals surface area (Å²) in [5.41, 5.74) is 9.92. The molecule has 0 aliphatic carbocycles. The summed E-state index contributed by atoms with van der Waals surface area (Å²) in [6, 6.07) is 19.0. The van der Waals surface area contributed by atoms with Gasteiger partial charge in [0.1, 0.15) is 0 Å². The van der Waals surface area contributed by atoms with Crippen molar-refractivity contribution in [3.8, 4) is 0 Å². The standard InChI is InChI=1S/C25H34N2O/c1-18(26)27-15-14-21(24(28)20-8-6-5-7-9-20)17-23(27)16-19-10-12-22(13-11-19)25(2,3)4/h5-13,18,21,23H,14-17,26H2,1-4H3. The Labute approximate surface area is 169 Å². The number of carbonyl (C=O) groups excluding carboxylic acids is 1. The van der Waals surface area contributed by atoms with E-state index in [1.165, 1.54) is 11.1 Å². The van der Waals surface area contributed by atoms with Crippen molar-refractivity contribution in [3.05, 3.63) is 71.3 Å². The van der Waals surface area contributed by atoms with E-state index in [4.69, 9.17) is 5.73 Å². The fourth-order valence-corrected chi connectivity index (χ4v) is 4.30. The van der Waals surface area contributed by atoms with Crippen LogP contribution in [-0.4, -0.2) is 29.4 Å². The molecule has 3 nitrogen and oxygen atoms in total. The van der Waals surface area contributed by atoms with Crippen LogP contribution < -0.4 is 5.73 Å². The van der Waals surface area contributed by atoms with Gasteiger partial charge in [0.15, 0.2) is 5.78 Å². The molecule has 0 radical (unpaired) electrons. The molecule has 0 aromatic heterocycles. The maximum absolute atomic E-state index is 13.0. The van der Waals surface area contributed by atoms with Gasteiger partial charge in [0.25, 0.3) is 0 Å². The quantitative estimate of drug-likeness (QED) is 0.761. The highest BCUT2D eigenvalue weighted by Crippen LogP contribution is 2.30. The lowest BCUT2D eigenvalue weighted by molar-refractivity contribution is 0.0604. The lowest BCUT2D eigenvalue weighted by Crippen LogP contribution is -2.52. The summed E-state index contributed by atoms with van der Waals surface area (Å²) < 4.78 is 0. The molecular formula is C25H34N2O. The van der Waals surface area contributed by atoms with Gasteiger partial charge in [-0.05, 0) is 42.7 Å². The molecule has 3 heteroatoms. The lowest BCUT2D eigenvalue weighted by Gasteiger charge is -2.41. The van der Waals surface area contributed by atoms with Crippen molar-refractivity contribution < 1.29 is 4.79 Å². The molecule has 0 saturated carbocycles. The highest BCUT2D eigenvalue weighted by atomic mass is 16.1. The van der Waals surface area contributed by atoms with Crippen molar-refractivity contribution in [1.82, 2.24) is 4.90 Å². The zero-order valence-corrected chi connectivity index (χ0v) is 17.7. The first kappa shape index (κ1) is 20.8. The summed E-state index contributed by atoms with van der Waals surface area (Å²) >= 11 is 0.